The van der Waals surface area contributed by atoms with E-state index in [-0.39, 0.29) is 18.1 Å². The van der Waals surface area contributed by atoms with Gasteiger partial charge in [0.25, 0.3) is 0 Å². The highest BCUT2D eigenvalue weighted by Gasteiger charge is 2.05. The highest BCUT2D eigenvalue weighted by atomic mass is 32.2. The molecule has 0 aliphatic carbocycles. The third-order valence-corrected chi connectivity index (χ3v) is 2.65. The normalized spacial score (nSPS) is 12.5. The van der Waals surface area contributed by atoms with Crippen molar-refractivity contribution < 1.29 is 15.0 Å². The number of hydrogen-bond donors (Lipinski definition) is 2. The first-order chi connectivity index (χ1) is 5.57. The van der Waals surface area contributed by atoms with E-state index in [9.17, 15) is 4.79 Å². The van der Waals surface area contributed by atoms with Crippen molar-refractivity contribution in [2.75, 3.05) is 18.1 Å². The zero-order valence-corrected chi connectivity index (χ0v) is 7.93. The van der Waals surface area contributed by atoms with Crippen LogP contribution in [0.15, 0.2) is 12.2 Å². The lowest BCUT2D eigenvalue weighted by Crippen LogP contribution is -2.06. The van der Waals surface area contributed by atoms with Gasteiger partial charge in [0.05, 0.1) is 0 Å². The molecule has 0 rings (SSSR count). The Hall–Kier alpha value is -0.480. The van der Waals surface area contributed by atoms with Gasteiger partial charge in [-0.1, -0.05) is 13.5 Å². The van der Waals surface area contributed by atoms with Gasteiger partial charge in [0.2, 0.25) is 0 Å². The quantitative estimate of drug-likeness (QED) is 0.613. The molecule has 1 atom stereocenters. The minimum atomic E-state index is -0.945. The molecule has 0 fully saturated rings. The van der Waals surface area contributed by atoms with Crippen LogP contribution in [0.25, 0.3) is 0 Å². The van der Waals surface area contributed by atoms with Crippen LogP contribution in [0.1, 0.15) is 6.92 Å². The van der Waals surface area contributed by atoms with Crippen LogP contribution in [0.2, 0.25) is 0 Å². The lowest BCUT2D eigenvalue weighted by Gasteiger charge is -2.06. The Morgan fingerprint density at radius 3 is 2.67 bits per heavy atom. The first-order valence-corrected chi connectivity index (χ1v) is 4.83. The molecular weight excluding hydrogens is 176 g/mol. The monoisotopic (exact) mass is 190 g/mol. The Bertz CT molecular complexity index is 168. The predicted octanol–water partition coefficient (Wildman–Crippen LogP) is 0.989. The molecular formula is C8H14O3S. The van der Waals surface area contributed by atoms with Crippen molar-refractivity contribution >= 4 is 17.7 Å². The van der Waals surface area contributed by atoms with Gasteiger partial charge in [0.15, 0.2) is 0 Å². The fourth-order valence-corrected chi connectivity index (χ4v) is 1.49. The van der Waals surface area contributed by atoms with Gasteiger partial charge in [-0.15, -0.1) is 0 Å². The second kappa shape index (κ2) is 6.08. The largest absolute Gasteiger partial charge is 0.478 e. The van der Waals surface area contributed by atoms with Crippen LogP contribution in [-0.4, -0.2) is 34.3 Å². The number of aliphatic carboxylic acids is 1. The predicted molar refractivity (Wildman–Crippen MR) is 50.4 cm³/mol. The van der Waals surface area contributed by atoms with E-state index in [0.29, 0.717) is 5.75 Å². The lowest BCUT2D eigenvalue weighted by molar-refractivity contribution is -0.132. The summed E-state index contributed by atoms with van der Waals surface area (Å²) in [7, 11) is 0. The summed E-state index contributed by atoms with van der Waals surface area (Å²) < 4.78 is 0. The van der Waals surface area contributed by atoms with E-state index in [1.54, 1.807) is 0 Å². The van der Waals surface area contributed by atoms with E-state index in [1.165, 1.54) is 11.8 Å². The molecule has 0 saturated carbocycles. The van der Waals surface area contributed by atoms with Gasteiger partial charge in [-0.3, -0.25) is 0 Å². The summed E-state index contributed by atoms with van der Waals surface area (Å²) in [6.07, 6.45) is 0. The average Bonchev–Trinajstić information content (AvgIpc) is 2.03. The zero-order chi connectivity index (χ0) is 9.56. The van der Waals surface area contributed by atoms with Crippen LogP contribution in [0.3, 0.4) is 0 Å². The van der Waals surface area contributed by atoms with Gasteiger partial charge >= 0.3 is 5.97 Å². The second-order valence-corrected chi connectivity index (χ2v) is 3.74. The molecule has 70 valence electrons. The van der Waals surface area contributed by atoms with Crippen LogP contribution in [0.4, 0.5) is 0 Å². The summed E-state index contributed by atoms with van der Waals surface area (Å²) in [6.45, 7) is 5.45. The maximum Gasteiger partial charge on any atom is 0.331 e. The number of aliphatic hydroxyl groups excluding tert-OH is 1. The van der Waals surface area contributed by atoms with Gasteiger partial charge in [-0.25, -0.2) is 4.79 Å². The summed E-state index contributed by atoms with van der Waals surface area (Å²) >= 11 is 1.48. The van der Waals surface area contributed by atoms with Crippen molar-refractivity contribution in [1.29, 1.82) is 0 Å². The van der Waals surface area contributed by atoms with E-state index < -0.39 is 5.97 Å². The van der Waals surface area contributed by atoms with Gasteiger partial charge in [-0.2, -0.15) is 11.8 Å². The third kappa shape index (κ3) is 5.21. The molecule has 0 radical (unpaired) electrons. The van der Waals surface area contributed by atoms with Gasteiger partial charge in [0, 0.05) is 17.9 Å². The van der Waals surface area contributed by atoms with Crippen LogP contribution in [0, 0.1) is 5.92 Å². The number of carboxylic acids is 1. The first-order valence-electron chi connectivity index (χ1n) is 3.67. The highest BCUT2D eigenvalue weighted by Crippen LogP contribution is 2.10. The number of carboxylic acid groups (broad SMARTS) is 1. The van der Waals surface area contributed by atoms with Crippen molar-refractivity contribution in [2.45, 2.75) is 6.92 Å². The maximum atomic E-state index is 10.3. The number of thioether (sulfide) groups is 1. The zero-order valence-electron chi connectivity index (χ0n) is 7.12. The molecule has 0 aromatic rings. The highest BCUT2D eigenvalue weighted by molar-refractivity contribution is 7.99. The van der Waals surface area contributed by atoms with E-state index in [4.69, 9.17) is 10.2 Å². The van der Waals surface area contributed by atoms with Gasteiger partial charge in [-0.05, 0) is 11.7 Å². The topological polar surface area (TPSA) is 57.5 Å². The molecule has 0 aromatic heterocycles. The van der Waals surface area contributed by atoms with E-state index in [1.807, 2.05) is 6.92 Å². The molecule has 3 nitrogen and oxygen atoms in total. The Morgan fingerprint density at radius 2 is 2.25 bits per heavy atom. The summed E-state index contributed by atoms with van der Waals surface area (Å²) in [5.41, 5.74) is 0.213. The third-order valence-electron chi connectivity index (χ3n) is 1.29. The molecule has 4 heteroatoms. The SMILES string of the molecule is C=C(CSCC(C)CO)C(=O)O. The molecule has 0 saturated heterocycles. The van der Waals surface area contributed by atoms with Crippen LogP contribution in [-0.2, 0) is 4.79 Å². The molecule has 0 aliphatic heterocycles. The fraction of sp³-hybridized carbons (Fsp3) is 0.625. The number of rotatable bonds is 6. The Balaban J connectivity index is 3.44. The Labute approximate surface area is 76.5 Å². The Kier molecular flexibility index (Phi) is 5.84. The second-order valence-electron chi connectivity index (χ2n) is 2.71. The number of carbonyl (C=O) groups is 1. The molecule has 0 bridgehead atoms. The molecule has 1 unspecified atom stereocenters. The van der Waals surface area contributed by atoms with E-state index in [2.05, 4.69) is 6.58 Å². The van der Waals surface area contributed by atoms with Crippen LogP contribution >= 0.6 is 11.8 Å². The van der Waals surface area contributed by atoms with E-state index >= 15 is 0 Å². The van der Waals surface area contributed by atoms with Crippen LogP contribution < -0.4 is 0 Å². The van der Waals surface area contributed by atoms with Gasteiger partial charge in [0.1, 0.15) is 0 Å². The van der Waals surface area contributed by atoms with Crippen molar-refractivity contribution in [3.05, 3.63) is 12.2 Å². The molecule has 0 aromatic carbocycles. The van der Waals surface area contributed by atoms with Crippen molar-refractivity contribution in [3.63, 3.8) is 0 Å². The summed E-state index contributed by atoms with van der Waals surface area (Å²) in [6, 6.07) is 0. The van der Waals surface area contributed by atoms with Crippen LogP contribution in [0.5, 0.6) is 0 Å². The smallest absolute Gasteiger partial charge is 0.331 e. The Morgan fingerprint density at radius 1 is 1.67 bits per heavy atom. The molecule has 0 spiro atoms. The summed E-state index contributed by atoms with van der Waals surface area (Å²) in [5, 5.41) is 17.1. The van der Waals surface area contributed by atoms with Gasteiger partial charge < -0.3 is 10.2 Å². The van der Waals surface area contributed by atoms with E-state index in [0.717, 1.165) is 5.75 Å². The maximum absolute atomic E-state index is 10.3. The van der Waals surface area contributed by atoms with Crippen molar-refractivity contribution in [1.82, 2.24) is 0 Å². The fourth-order valence-electron chi connectivity index (χ4n) is 0.498. The molecule has 0 heterocycles. The molecule has 0 aliphatic rings. The van der Waals surface area contributed by atoms with Crippen molar-refractivity contribution in [2.24, 2.45) is 5.92 Å². The summed E-state index contributed by atoms with van der Waals surface area (Å²) in [4.78, 5) is 10.3. The molecule has 12 heavy (non-hydrogen) atoms. The summed E-state index contributed by atoms with van der Waals surface area (Å²) in [5.74, 6) is 0.471. The molecule has 2 N–H and O–H groups in total. The van der Waals surface area contributed by atoms with Crippen molar-refractivity contribution in [3.8, 4) is 0 Å². The lowest BCUT2D eigenvalue weighted by atomic mass is 10.2. The average molecular weight is 190 g/mol. The number of aliphatic hydroxyl groups is 1. The standard InChI is InChI=1S/C8H14O3S/c1-6(3-9)4-12-5-7(2)8(10)11/h6,9H,2-5H2,1H3,(H,10,11). The minimum absolute atomic E-state index is 0.145. The number of hydrogen-bond acceptors (Lipinski definition) is 3. The first kappa shape index (κ1) is 11.5. The minimum Gasteiger partial charge on any atom is -0.478 e. The molecule has 0 amide bonds.